The Bertz CT molecular complexity index is 401. The van der Waals surface area contributed by atoms with Crippen LogP contribution in [0.4, 0.5) is 5.69 Å². The summed E-state index contributed by atoms with van der Waals surface area (Å²) in [5, 5.41) is 9.01. The fourth-order valence-corrected chi connectivity index (χ4v) is 1.84. The normalized spacial score (nSPS) is 10.2. The van der Waals surface area contributed by atoms with Crippen LogP contribution in [0.5, 0.6) is 0 Å². The highest BCUT2D eigenvalue weighted by molar-refractivity contribution is 5.99. The average molecular weight is 251 g/mol. The number of aliphatic hydroxyl groups excluding tert-OH is 1. The zero-order valence-electron chi connectivity index (χ0n) is 10.9. The Morgan fingerprint density at radius 1 is 1.44 bits per heavy atom. The predicted octanol–water partition coefficient (Wildman–Crippen LogP) is 1.13. The van der Waals surface area contributed by atoms with Crippen LogP contribution in [0.3, 0.4) is 0 Å². The lowest BCUT2D eigenvalue weighted by molar-refractivity contribution is 0.0723. The third-order valence-electron chi connectivity index (χ3n) is 2.71. The summed E-state index contributed by atoms with van der Waals surface area (Å²) in [5.74, 6) is 5.31. The Kier molecular flexibility index (Phi) is 5.61. The van der Waals surface area contributed by atoms with Crippen molar-refractivity contribution in [2.75, 3.05) is 25.1 Å². The first-order valence-corrected chi connectivity index (χ1v) is 6.11. The highest BCUT2D eigenvalue weighted by Gasteiger charge is 2.17. The van der Waals surface area contributed by atoms with Crippen molar-refractivity contribution >= 4 is 11.6 Å². The first kappa shape index (κ1) is 14.5. The second kappa shape index (κ2) is 6.98. The first-order chi connectivity index (χ1) is 8.63. The molecule has 18 heavy (non-hydrogen) atoms. The van der Waals surface area contributed by atoms with Gasteiger partial charge in [0.15, 0.2) is 0 Å². The number of amides is 1. The number of carbonyl (C=O) groups is 1. The summed E-state index contributed by atoms with van der Waals surface area (Å²) in [5.41, 5.74) is 4.67. The van der Waals surface area contributed by atoms with E-state index in [-0.39, 0.29) is 12.5 Å². The van der Waals surface area contributed by atoms with Crippen LogP contribution < -0.4 is 11.3 Å². The molecule has 0 bridgehead atoms. The lowest BCUT2D eigenvalue weighted by Crippen LogP contribution is -2.35. The van der Waals surface area contributed by atoms with Crippen molar-refractivity contribution in [3.63, 3.8) is 0 Å². The minimum absolute atomic E-state index is 0.0387. The number of hydrogen-bond donors (Lipinski definition) is 3. The maximum absolute atomic E-state index is 12.4. The molecule has 5 heteroatoms. The van der Waals surface area contributed by atoms with Crippen LogP contribution in [0.2, 0.25) is 0 Å². The van der Waals surface area contributed by atoms with Gasteiger partial charge in [-0.1, -0.05) is 18.6 Å². The molecule has 0 radical (unpaired) electrons. The zero-order valence-corrected chi connectivity index (χ0v) is 10.9. The third-order valence-corrected chi connectivity index (χ3v) is 2.71. The molecule has 1 aromatic rings. The van der Waals surface area contributed by atoms with Crippen LogP contribution in [0.1, 0.15) is 29.3 Å². The van der Waals surface area contributed by atoms with Gasteiger partial charge in [0.2, 0.25) is 0 Å². The molecule has 100 valence electrons. The number of hydrazine groups is 1. The molecule has 1 amide bonds. The molecule has 0 saturated heterocycles. The van der Waals surface area contributed by atoms with Crippen LogP contribution in [0.25, 0.3) is 0 Å². The highest BCUT2D eigenvalue weighted by Crippen LogP contribution is 2.18. The van der Waals surface area contributed by atoms with Crippen LogP contribution in [-0.4, -0.2) is 35.6 Å². The number of nitrogens with two attached hydrogens (primary N) is 1. The molecular weight excluding hydrogens is 230 g/mol. The monoisotopic (exact) mass is 251 g/mol. The lowest BCUT2D eigenvalue weighted by atomic mass is 10.1. The molecule has 0 aliphatic carbocycles. The Balaban J connectivity index is 3.02. The quantitative estimate of drug-likeness (QED) is 0.523. The van der Waals surface area contributed by atoms with E-state index < -0.39 is 0 Å². The number of nitrogens with one attached hydrogen (secondary N) is 1. The number of hydrogen-bond acceptors (Lipinski definition) is 4. The molecule has 4 N–H and O–H groups in total. The van der Waals surface area contributed by atoms with E-state index in [0.29, 0.717) is 24.3 Å². The fraction of sp³-hybridized carbons (Fsp3) is 0.462. The van der Waals surface area contributed by atoms with Gasteiger partial charge in [-0.3, -0.25) is 10.6 Å². The van der Waals surface area contributed by atoms with E-state index in [9.17, 15) is 4.79 Å². The van der Waals surface area contributed by atoms with Crippen molar-refractivity contribution in [2.24, 2.45) is 5.84 Å². The molecule has 1 rings (SSSR count). The number of aryl methyl sites for hydroxylation is 1. The topological polar surface area (TPSA) is 78.6 Å². The van der Waals surface area contributed by atoms with Crippen molar-refractivity contribution in [3.05, 3.63) is 29.3 Å². The van der Waals surface area contributed by atoms with Gasteiger partial charge < -0.3 is 15.4 Å². The second-order valence-corrected chi connectivity index (χ2v) is 4.21. The number of aliphatic hydroxyl groups is 1. The Morgan fingerprint density at radius 3 is 2.72 bits per heavy atom. The van der Waals surface area contributed by atoms with Gasteiger partial charge in [0.25, 0.3) is 5.91 Å². The molecule has 0 heterocycles. The van der Waals surface area contributed by atoms with Crippen molar-refractivity contribution in [1.82, 2.24) is 4.90 Å². The van der Waals surface area contributed by atoms with Crippen LogP contribution >= 0.6 is 0 Å². The molecule has 0 aliphatic rings. The number of carbonyl (C=O) groups excluding carboxylic acids is 1. The fourth-order valence-electron chi connectivity index (χ4n) is 1.84. The number of nitrogen functional groups attached to an aromatic ring is 1. The Labute approximate surface area is 108 Å². The standard InChI is InChI=1S/C13H21N3O2/c1-3-6-16(7-8-17)13(18)11-9-10(2)4-5-12(11)15-14/h4-5,9,15,17H,3,6-8,14H2,1-2H3. The number of rotatable bonds is 6. The largest absolute Gasteiger partial charge is 0.395 e. The molecule has 0 aromatic heterocycles. The molecule has 0 atom stereocenters. The zero-order chi connectivity index (χ0) is 13.5. The molecule has 0 saturated carbocycles. The highest BCUT2D eigenvalue weighted by atomic mass is 16.3. The van der Waals surface area contributed by atoms with Crippen molar-refractivity contribution < 1.29 is 9.90 Å². The van der Waals surface area contributed by atoms with Crippen LogP contribution in [0, 0.1) is 6.92 Å². The third kappa shape index (κ3) is 3.45. The van der Waals surface area contributed by atoms with Gasteiger partial charge in [0, 0.05) is 13.1 Å². The van der Waals surface area contributed by atoms with Gasteiger partial charge in [0.05, 0.1) is 17.9 Å². The van der Waals surface area contributed by atoms with E-state index in [2.05, 4.69) is 5.43 Å². The molecule has 1 aromatic carbocycles. The van der Waals surface area contributed by atoms with E-state index in [0.717, 1.165) is 12.0 Å². The summed E-state index contributed by atoms with van der Waals surface area (Å²) in [7, 11) is 0. The predicted molar refractivity (Wildman–Crippen MR) is 72.3 cm³/mol. The summed E-state index contributed by atoms with van der Waals surface area (Å²) in [6.07, 6.45) is 0.850. The van der Waals surface area contributed by atoms with Gasteiger partial charge in [-0.05, 0) is 25.5 Å². The smallest absolute Gasteiger partial charge is 0.256 e. The lowest BCUT2D eigenvalue weighted by Gasteiger charge is -2.22. The maximum Gasteiger partial charge on any atom is 0.256 e. The number of benzene rings is 1. The summed E-state index contributed by atoms with van der Waals surface area (Å²) in [4.78, 5) is 14.0. The Morgan fingerprint density at radius 2 is 2.17 bits per heavy atom. The molecule has 0 spiro atoms. The molecule has 0 aliphatic heterocycles. The van der Waals surface area contributed by atoms with Crippen LogP contribution in [-0.2, 0) is 0 Å². The SMILES string of the molecule is CCCN(CCO)C(=O)c1cc(C)ccc1NN. The molecular formula is C13H21N3O2. The first-order valence-electron chi connectivity index (χ1n) is 6.11. The summed E-state index contributed by atoms with van der Waals surface area (Å²) in [6.45, 7) is 4.84. The van der Waals surface area contributed by atoms with Gasteiger partial charge in [0.1, 0.15) is 0 Å². The van der Waals surface area contributed by atoms with Gasteiger partial charge >= 0.3 is 0 Å². The molecule has 0 fully saturated rings. The van der Waals surface area contributed by atoms with Crippen molar-refractivity contribution in [2.45, 2.75) is 20.3 Å². The van der Waals surface area contributed by atoms with E-state index >= 15 is 0 Å². The number of nitrogens with zero attached hydrogens (tertiary/aromatic N) is 1. The molecule has 0 unspecified atom stereocenters. The molecule has 5 nitrogen and oxygen atoms in total. The van der Waals surface area contributed by atoms with Gasteiger partial charge in [-0.25, -0.2) is 0 Å². The van der Waals surface area contributed by atoms with Crippen molar-refractivity contribution in [1.29, 1.82) is 0 Å². The summed E-state index contributed by atoms with van der Waals surface area (Å²) >= 11 is 0. The van der Waals surface area contributed by atoms with E-state index in [1.165, 1.54) is 0 Å². The summed E-state index contributed by atoms with van der Waals surface area (Å²) < 4.78 is 0. The second-order valence-electron chi connectivity index (χ2n) is 4.21. The van der Waals surface area contributed by atoms with Crippen molar-refractivity contribution in [3.8, 4) is 0 Å². The van der Waals surface area contributed by atoms with E-state index in [1.54, 1.807) is 17.0 Å². The number of anilines is 1. The van der Waals surface area contributed by atoms with Crippen LogP contribution in [0.15, 0.2) is 18.2 Å². The van der Waals surface area contributed by atoms with E-state index in [1.807, 2.05) is 19.9 Å². The maximum atomic E-state index is 12.4. The minimum atomic E-state index is -0.109. The van der Waals surface area contributed by atoms with Gasteiger partial charge in [-0.2, -0.15) is 0 Å². The minimum Gasteiger partial charge on any atom is -0.395 e. The van der Waals surface area contributed by atoms with Gasteiger partial charge in [-0.15, -0.1) is 0 Å². The average Bonchev–Trinajstić information content (AvgIpc) is 2.37. The Hall–Kier alpha value is -1.59. The summed E-state index contributed by atoms with van der Waals surface area (Å²) in [6, 6.07) is 5.48. The van der Waals surface area contributed by atoms with E-state index in [4.69, 9.17) is 10.9 Å².